The third-order valence-corrected chi connectivity index (χ3v) is 8.72. The first kappa shape index (κ1) is 58.2. The van der Waals surface area contributed by atoms with Crippen molar-refractivity contribution in [2.45, 2.75) is 32.9 Å². The lowest BCUT2D eigenvalue weighted by atomic mass is 10.2. The van der Waals surface area contributed by atoms with Crippen molar-refractivity contribution in [2.24, 2.45) is 11.5 Å². The van der Waals surface area contributed by atoms with Gasteiger partial charge in [0.05, 0.1) is 59.6 Å². The van der Waals surface area contributed by atoms with Crippen LogP contribution in [-0.4, -0.2) is 42.8 Å². The van der Waals surface area contributed by atoms with E-state index in [-0.39, 0.29) is 42.8 Å². The van der Waals surface area contributed by atoms with Gasteiger partial charge < -0.3 is 116 Å². The molecule has 7 aromatic rings. The Balaban J connectivity index is 0.000000403. The van der Waals surface area contributed by atoms with E-state index in [2.05, 4.69) is 5.32 Å². The first-order chi connectivity index (χ1) is 32.6. The zero-order valence-corrected chi connectivity index (χ0v) is 38.3. The minimum Gasteiger partial charge on any atom is -0.508 e. The summed E-state index contributed by atoms with van der Waals surface area (Å²) in [5.74, 6) is 0.520. The van der Waals surface area contributed by atoms with Gasteiger partial charge in [-0.05, 0) is 113 Å². The van der Waals surface area contributed by atoms with E-state index in [1.54, 1.807) is 92.0 Å². The second-order valence-corrected chi connectivity index (χ2v) is 14.5. The smallest absolute Gasteiger partial charge is 0.138 e. The van der Waals surface area contributed by atoms with Crippen LogP contribution < -0.4 is 79.9 Å². The molecule has 0 spiro atoms. The summed E-state index contributed by atoms with van der Waals surface area (Å²) < 4.78 is 0. The number of phenols is 4. The van der Waals surface area contributed by atoms with Gasteiger partial charge in [0.25, 0.3) is 0 Å². The van der Waals surface area contributed by atoms with Gasteiger partial charge in [0.1, 0.15) is 23.0 Å². The topological polar surface area (TPSA) is 492 Å². The summed E-state index contributed by atoms with van der Waals surface area (Å²) in [5.41, 5.74) is 80.9. The Morgan fingerprint density at radius 2 is 0.725 bits per heavy atom. The lowest BCUT2D eigenvalue weighted by molar-refractivity contribution is 0.281. The number of benzene rings is 7. The molecule has 0 saturated heterocycles. The van der Waals surface area contributed by atoms with Gasteiger partial charge in [-0.15, -0.1) is 0 Å². The molecule has 0 atom stereocenters. The Kier molecular flexibility index (Phi) is 25.6. The largest absolute Gasteiger partial charge is 0.508 e. The fourth-order valence-electron chi connectivity index (χ4n) is 5.25. The van der Waals surface area contributed by atoms with E-state index in [9.17, 15) is 0 Å². The summed E-state index contributed by atoms with van der Waals surface area (Å²) in [6, 6.07) is 34.2. The third kappa shape index (κ3) is 23.2. The number of anilines is 12. The van der Waals surface area contributed by atoms with Gasteiger partial charge in [-0.2, -0.15) is 0 Å². The molecule has 0 radical (unpaired) electrons. The average Bonchev–Trinajstić information content (AvgIpc) is 3.30. The van der Waals surface area contributed by atoms with E-state index in [1.165, 1.54) is 36.4 Å². The Hall–Kier alpha value is -8.86. The van der Waals surface area contributed by atoms with Gasteiger partial charge in [-0.25, -0.2) is 0 Å². The molecular weight excluding hydrogens is 885 g/mol. The highest BCUT2D eigenvalue weighted by molar-refractivity contribution is 5.67. The highest BCUT2D eigenvalue weighted by Gasteiger charge is 1.99. The maximum absolute atomic E-state index is 8.99. The van der Waals surface area contributed by atoms with Crippen molar-refractivity contribution in [3.63, 3.8) is 0 Å². The zero-order chi connectivity index (χ0) is 52.2. The van der Waals surface area contributed by atoms with E-state index in [0.717, 1.165) is 33.5 Å². The molecule has 0 heterocycles. The number of hydrogen-bond donors (Lipinski definition) is 21. The first-order valence-electron chi connectivity index (χ1n) is 20.5. The number of aliphatic hydroxyl groups is 3. The van der Waals surface area contributed by atoms with E-state index >= 15 is 0 Å². The van der Waals surface area contributed by atoms with Crippen LogP contribution in [0.25, 0.3) is 0 Å². The Morgan fingerprint density at radius 1 is 0.333 bits per heavy atom. The highest BCUT2D eigenvalue weighted by Crippen LogP contribution is 2.22. The van der Waals surface area contributed by atoms with Crippen LogP contribution in [0.3, 0.4) is 0 Å². The molecule has 7 aromatic carbocycles. The minimum atomic E-state index is -0.0186. The lowest BCUT2D eigenvalue weighted by Crippen LogP contribution is -1.97. The molecule has 0 aliphatic heterocycles. The monoisotopic (exact) mass is 953 g/mol. The molecule has 21 heteroatoms. The summed E-state index contributed by atoms with van der Waals surface area (Å²) in [4.78, 5) is 0. The number of rotatable bonds is 6. The highest BCUT2D eigenvalue weighted by atomic mass is 16.3. The zero-order valence-electron chi connectivity index (χ0n) is 38.3. The van der Waals surface area contributed by atoms with E-state index in [1.807, 2.05) is 6.07 Å². The fourth-order valence-corrected chi connectivity index (χ4v) is 5.25. The lowest BCUT2D eigenvalue weighted by Gasteiger charge is -2.05. The van der Waals surface area contributed by atoms with Crippen LogP contribution in [0.5, 0.6) is 23.0 Å². The van der Waals surface area contributed by atoms with Crippen molar-refractivity contribution in [1.82, 2.24) is 0 Å². The average molecular weight is 953 g/mol. The summed E-state index contributed by atoms with van der Waals surface area (Å²) in [5, 5.41) is 64.6. The molecule has 0 bridgehead atoms. The first-order valence-corrected chi connectivity index (χ1v) is 20.5. The molecule has 0 fully saturated rings. The van der Waals surface area contributed by atoms with Crippen molar-refractivity contribution in [2.75, 3.05) is 75.4 Å². The maximum atomic E-state index is 8.99. The molecule has 7 rings (SSSR count). The Morgan fingerprint density at radius 3 is 1.13 bits per heavy atom. The molecule has 21 nitrogen and oxygen atoms in total. The fraction of sp³-hybridized carbons (Fsp3) is 0.125. The molecule has 372 valence electrons. The number of nitrogen functional groups attached to an aromatic ring is 11. The summed E-state index contributed by atoms with van der Waals surface area (Å²) in [6.45, 7) is 0.887. The van der Waals surface area contributed by atoms with Gasteiger partial charge in [-0.1, -0.05) is 18.2 Å². The number of aromatic hydroxyl groups is 4. The Labute approximate surface area is 401 Å². The van der Waals surface area contributed by atoms with Gasteiger partial charge in [0.15, 0.2) is 0 Å². The van der Waals surface area contributed by atoms with Crippen molar-refractivity contribution in [3.8, 4) is 23.0 Å². The van der Waals surface area contributed by atoms with Crippen molar-refractivity contribution < 1.29 is 35.7 Å². The SMILES string of the molecule is CNc1cc(CO)ccc1N.NCc1cc(N)cc(O)c1.NCc1ccc(O)c(N)c1.Nc1cc(N)cc(CO)c1.Nc1cc(N)cc(O)c1.Nc1ccc(CO)cc1N.Nc1ccc(O)cc1N. The van der Waals surface area contributed by atoms with Crippen molar-refractivity contribution in [1.29, 1.82) is 0 Å². The summed E-state index contributed by atoms with van der Waals surface area (Å²) in [6.07, 6.45) is 0. The van der Waals surface area contributed by atoms with Crippen LogP contribution >= 0.6 is 0 Å². The van der Waals surface area contributed by atoms with Crippen molar-refractivity contribution in [3.05, 3.63) is 155 Å². The quantitative estimate of drug-likeness (QED) is 0.0644. The van der Waals surface area contributed by atoms with E-state index < -0.39 is 0 Å². The van der Waals surface area contributed by atoms with Crippen LogP contribution in [0.4, 0.5) is 68.2 Å². The van der Waals surface area contributed by atoms with Crippen molar-refractivity contribution >= 4 is 68.2 Å². The molecule has 0 saturated carbocycles. The number of phenolic OH excluding ortho intramolecular Hbond substituents is 4. The molecule has 34 N–H and O–H groups in total. The van der Waals surface area contributed by atoms with Crippen LogP contribution in [0.15, 0.2) is 127 Å². The molecule has 0 aliphatic rings. The third-order valence-electron chi connectivity index (χ3n) is 8.72. The second-order valence-electron chi connectivity index (χ2n) is 14.5. The van der Waals surface area contributed by atoms with Gasteiger partial charge in [-0.3, -0.25) is 0 Å². The minimum absolute atomic E-state index is 0.00444. The van der Waals surface area contributed by atoms with Crippen LogP contribution in [-0.2, 0) is 32.9 Å². The standard InChI is InChI=1S/C8H12N2O.4C7H10N2O.2C6H8N2O/c1-10-8-4-6(5-11)2-3-7(8)9;8-6-1-5(4-10)2-7(9)3-6;8-4-5-1-6(9)3-7(10)2-5;8-4-5-1-2-7(10)6(9)3-5;8-6-2-1-5(4-10)3-7(6)9;7-4-1-5(8)3-6(9)2-4;7-5-2-1-4(9)3-6(5)8/h2-4,10-11H,5,9H2,1H3;4*1-3,10H,4,8-9H2;2*1-3,9H,7-8H2. The maximum Gasteiger partial charge on any atom is 0.138 e. The Bertz CT molecular complexity index is 2450. The summed E-state index contributed by atoms with van der Waals surface area (Å²) >= 11 is 0. The second kappa shape index (κ2) is 30.4. The molecule has 0 unspecified atom stereocenters. The number of hydrogen-bond acceptors (Lipinski definition) is 21. The van der Waals surface area contributed by atoms with Crippen LogP contribution in [0.1, 0.15) is 27.8 Å². The number of nitrogens with one attached hydrogen (secondary N) is 1. The molecule has 0 aromatic heterocycles. The molecule has 0 aliphatic carbocycles. The predicted octanol–water partition coefficient (Wildman–Crippen LogP) is 3.47. The van der Waals surface area contributed by atoms with E-state index in [0.29, 0.717) is 75.7 Å². The van der Waals surface area contributed by atoms with Crippen LogP contribution in [0.2, 0.25) is 0 Å². The van der Waals surface area contributed by atoms with Gasteiger partial charge >= 0.3 is 0 Å². The van der Waals surface area contributed by atoms with Gasteiger partial charge in [0.2, 0.25) is 0 Å². The molecular formula is C48H68N14O7. The number of aliphatic hydroxyl groups excluding tert-OH is 3. The van der Waals surface area contributed by atoms with Gasteiger partial charge in [0, 0.05) is 72.8 Å². The number of nitrogens with two attached hydrogens (primary N) is 13. The normalized spacial score (nSPS) is 9.59. The van der Waals surface area contributed by atoms with Crippen LogP contribution in [0, 0.1) is 0 Å². The summed E-state index contributed by atoms with van der Waals surface area (Å²) in [7, 11) is 1.80. The van der Waals surface area contributed by atoms with E-state index in [4.69, 9.17) is 110 Å². The predicted molar refractivity (Wildman–Crippen MR) is 283 cm³/mol. The molecule has 0 amide bonds. The molecule has 69 heavy (non-hydrogen) atoms.